The van der Waals surface area contributed by atoms with E-state index in [9.17, 15) is 9.59 Å². The Morgan fingerprint density at radius 1 is 1.31 bits per heavy atom. The summed E-state index contributed by atoms with van der Waals surface area (Å²) in [7, 11) is 0. The maximum atomic E-state index is 12.0. The van der Waals surface area contributed by atoms with Crippen molar-refractivity contribution >= 4 is 16.8 Å². The van der Waals surface area contributed by atoms with Gasteiger partial charge in [0, 0.05) is 5.56 Å². The van der Waals surface area contributed by atoms with Gasteiger partial charge in [0.05, 0.1) is 11.8 Å². The van der Waals surface area contributed by atoms with Crippen LogP contribution in [0.15, 0.2) is 33.5 Å². The highest BCUT2D eigenvalue weighted by atomic mass is 16.3. The van der Waals surface area contributed by atoms with Crippen LogP contribution in [0.3, 0.4) is 0 Å². The number of hydrogen-bond donors (Lipinski definition) is 0. The van der Waals surface area contributed by atoms with Crippen molar-refractivity contribution in [3.63, 3.8) is 0 Å². The molecule has 1 aromatic heterocycles. The molecule has 0 radical (unpaired) electrons. The van der Waals surface area contributed by atoms with Crippen molar-refractivity contribution in [2.45, 2.75) is 20.3 Å². The fourth-order valence-electron chi connectivity index (χ4n) is 1.68. The maximum Gasteiger partial charge on any atom is 0.195 e. The Morgan fingerprint density at radius 3 is 2.69 bits per heavy atom. The number of hydrogen-bond acceptors (Lipinski definition) is 3. The van der Waals surface area contributed by atoms with Crippen molar-refractivity contribution < 1.29 is 9.21 Å². The lowest BCUT2D eigenvalue weighted by Gasteiger charge is -2.04. The van der Waals surface area contributed by atoms with Gasteiger partial charge in [-0.3, -0.25) is 9.59 Å². The summed E-state index contributed by atoms with van der Waals surface area (Å²) in [6.07, 6.45) is 0.173. The van der Waals surface area contributed by atoms with Crippen LogP contribution in [0, 0.1) is 6.92 Å². The van der Waals surface area contributed by atoms with Gasteiger partial charge in [-0.25, -0.2) is 0 Å². The van der Waals surface area contributed by atoms with Gasteiger partial charge in [0.25, 0.3) is 0 Å². The molecule has 0 aliphatic rings. The van der Waals surface area contributed by atoms with Crippen LogP contribution in [-0.4, -0.2) is 5.78 Å². The molecule has 0 bridgehead atoms. The molecule has 0 amide bonds. The Kier molecular flexibility index (Phi) is 2.60. The standard InChI is InChI=1S/C13H12O3/c1-8(14)7-12-9(2)13(15)10-5-3-4-6-11(10)16-12/h3-6H,7H2,1-2H3. The molecule has 3 nitrogen and oxygen atoms in total. The molecule has 2 aromatic rings. The highest BCUT2D eigenvalue weighted by Crippen LogP contribution is 2.15. The Bertz CT molecular complexity index is 608. The minimum atomic E-state index is -0.0573. The number of ketones is 1. The molecule has 1 aromatic carbocycles. The third-order valence-corrected chi connectivity index (χ3v) is 2.53. The molecule has 0 N–H and O–H groups in total. The molecule has 0 aliphatic carbocycles. The van der Waals surface area contributed by atoms with Gasteiger partial charge in [0.15, 0.2) is 5.43 Å². The van der Waals surface area contributed by atoms with Gasteiger partial charge in [0.2, 0.25) is 0 Å². The van der Waals surface area contributed by atoms with Crippen LogP contribution in [-0.2, 0) is 11.2 Å². The van der Waals surface area contributed by atoms with Crippen LogP contribution in [0.25, 0.3) is 11.0 Å². The normalized spacial score (nSPS) is 10.6. The zero-order valence-corrected chi connectivity index (χ0v) is 9.24. The molecular formula is C13H12O3. The summed E-state index contributed by atoms with van der Waals surface area (Å²) in [5.74, 6) is 0.456. The highest BCUT2D eigenvalue weighted by Gasteiger charge is 2.11. The van der Waals surface area contributed by atoms with Gasteiger partial charge >= 0.3 is 0 Å². The molecule has 3 heteroatoms. The lowest BCUT2D eigenvalue weighted by Crippen LogP contribution is -2.11. The van der Waals surface area contributed by atoms with Gasteiger partial charge in [-0.05, 0) is 26.0 Å². The third-order valence-electron chi connectivity index (χ3n) is 2.53. The molecule has 16 heavy (non-hydrogen) atoms. The number of para-hydroxylation sites is 1. The summed E-state index contributed by atoms with van der Waals surface area (Å²) < 4.78 is 5.56. The lowest BCUT2D eigenvalue weighted by atomic mass is 10.1. The molecule has 1 heterocycles. The van der Waals surface area contributed by atoms with Crippen molar-refractivity contribution in [1.29, 1.82) is 0 Å². The molecule has 0 spiro atoms. The number of fused-ring (bicyclic) bond motifs is 1. The van der Waals surface area contributed by atoms with Gasteiger partial charge in [-0.2, -0.15) is 0 Å². The lowest BCUT2D eigenvalue weighted by molar-refractivity contribution is -0.116. The first-order chi connectivity index (χ1) is 7.59. The molecule has 0 unspecified atom stereocenters. The van der Waals surface area contributed by atoms with E-state index in [-0.39, 0.29) is 17.6 Å². The average molecular weight is 216 g/mol. The highest BCUT2D eigenvalue weighted by molar-refractivity contribution is 5.80. The first-order valence-electron chi connectivity index (χ1n) is 5.10. The van der Waals surface area contributed by atoms with E-state index in [1.807, 2.05) is 0 Å². The van der Waals surface area contributed by atoms with Crippen LogP contribution < -0.4 is 5.43 Å². The first-order valence-corrected chi connectivity index (χ1v) is 5.10. The largest absolute Gasteiger partial charge is 0.460 e. The minimum Gasteiger partial charge on any atom is -0.460 e. The number of Topliss-reactive ketones (excluding diaryl/α,β-unsaturated/α-hetero) is 1. The molecule has 0 atom stereocenters. The summed E-state index contributed by atoms with van der Waals surface area (Å²) in [6.45, 7) is 3.17. The molecule has 0 aliphatic heterocycles. The van der Waals surface area contributed by atoms with E-state index in [0.29, 0.717) is 22.3 Å². The van der Waals surface area contributed by atoms with E-state index in [4.69, 9.17) is 4.42 Å². The second-order valence-electron chi connectivity index (χ2n) is 3.85. The molecule has 0 fully saturated rings. The van der Waals surface area contributed by atoms with Crippen molar-refractivity contribution in [2.24, 2.45) is 0 Å². The van der Waals surface area contributed by atoms with Crippen LogP contribution in [0.1, 0.15) is 18.2 Å². The second kappa shape index (κ2) is 3.93. The van der Waals surface area contributed by atoms with E-state index in [1.54, 1.807) is 31.2 Å². The quantitative estimate of drug-likeness (QED) is 0.773. The maximum absolute atomic E-state index is 12.0. The number of carbonyl (C=O) groups is 1. The third kappa shape index (κ3) is 1.76. The van der Waals surface area contributed by atoms with Crippen molar-refractivity contribution in [3.8, 4) is 0 Å². The Morgan fingerprint density at radius 2 is 2.00 bits per heavy atom. The molecule has 82 valence electrons. The summed E-state index contributed by atoms with van der Waals surface area (Å²) in [6, 6.07) is 7.06. The molecular weight excluding hydrogens is 204 g/mol. The fourth-order valence-corrected chi connectivity index (χ4v) is 1.68. The monoisotopic (exact) mass is 216 g/mol. The van der Waals surface area contributed by atoms with Crippen LogP contribution in [0.2, 0.25) is 0 Å². The first kappa shape index (κ1) is 10.6. The molecule has 0 saturated heterocycles. The van der Waals surface area contributed by atoms with Crippen LogP contribution >= 0.6 is 0 Å². The predicted octanol–water partition coefficient (Wildman–Crippen LogP) is 2.23. The fraction of sp³-hybridized carbons (Fsp3) is 0.231. The van der Waals surface area contributed by atoms with Crippen molar-refractivity contribution in [2.75, 3.05) is 0 Å². The van der Waals surface area contributed by atoms with Crippen molar-refractivity contribution in [3.05, 3.63) is 45.8 Å². The smallest absolute Gasteiger partial charge is 0.195 e. The number of carbonyl (C=O) groups excluding carboxylic acids is 1. The predicted molar refractivity (Wildman–Crippen MR) is 61.6 cm³/mol. The Labute approximate surface area is 92.7 Å². The van der Waals surface area contributed by atoms with E-state index >= 15 is 0 Å². The summed E-state index contributed by atoms with van der Waals surface area (Å²) >= 11 is 0. The van der Waals surface area contributed by atoms with Gasteiger partial charge < -0.3 is 4.42 Å². The Balaban J connectivity index is 2.74. The molecule has 0 saturated carbocycles. The average Bonchev–Trinajstić information content (AvgIpc) is 2.25. The van der Waals surface area contributed by atoms with Crippen LogP contribution in [0.4, 0.5) is 0 Å². The number of benzene rings is 1. The summed E-state index contributed by atoms with van der Waals surface area (Å²) in [5, 5.41) is 0.562. The second-order valence-corrected chi connectivity index (χ2v) is 3.85. The number of rotatable bonds is 2. The Hall–Kier alpha value is -1.90. The van der Waals surface area contributed by atoms with E-state index in [2.05, 4.69) is 0 Å². The SMILES string of the molecule is CC(=O)Cc1oc2ccccc2c(=O)c1C. The zero-order valence-electron chi connectivity index (χ0n) is 9.24. The van der Waals surface area contributed by atoms with Crippen LogP contribution in [0.5, 0.6) is 0 Å². The summed E-state index contributed by atoms with van der Waals surface area (Å²) in [4.78, 5) is 23.0. The zero-order chi connectivity index (χ0) is 11.7. The van der Waals surface area contributed by atoms with E-state index < -0.39 is 0 Å². The van der Waals surface area contributed by atoms with Gasteiger partial charge in [-0.15, -0.1) is 0 Å². The van der Waals surface area contributed by atoms with Gasteiger partial charge in [-0.1, -0.05) is 12.1 Å². The van der Waals surface area contributed by atoms with E-state index in [1.165, 1.54) is 6.92 Å². The summed E-state index contributed by atoms with van der Waals surface area (Å²) in [5.41, 5.74) is 1.00. The topological polar surface area (TPSA) is 47.3 Å². The minimum absolute atomic E-state index is 0.0125. The van der Waals surface area contributed by atoms with Crippen molar-refractivity contribution in [1.82, 2.24) is 0 Å². The van der Waals surface area contributed by atoms with E-state index in [0.717, 1.165) is 0 Å². The van der Waals surface area contributed by atoms with Gasteiger partial charge in [0.1, 0.15) is 17.1 Å². The molecule has 2 rings (SSSR count).